The molecule has 0 N–H and O–H groups in total. The van der Waals surface area contributed by atoms with Gasteiger partial charge in [0.2, 0.25) is 5.91 Å². The van der Waals surface area contributed by atoms with E-state index in [0.717, 1.165) is 18.5 Å². The van der Waals surface area contributed by atoms with E-state index in [1.165, 1.54) is 24.8 Å². The lowest BCUT2D eigenvalue weighted by molar-refractivity contribution is -0.133. The largest absolute Gasteiger partial charge is 0.385 e. The first kappa shape index (κ1) is 28.6. The SMILES string of the molecule is CCCCCCc1ccc(C(=O)N(CCCOC)CC(=O)N(CCOC)Cc2cccn2C)cc1. The van der Waals surface area contributed by atoms with Gasteiger partial charge in [-0.3, -0.25) is 9.59 Å². The zero-order valence-corrected chi connectivity index (χ0v) is 22.0. The summed E-state index contributed by atoms with van der Waals surface area (Å²) in [5, 5.41) is 0. The number of amides is 2. The molecule has 0 radical (unpaired) electrons. The Labute approximate surface area is 211 Å². The van der Waals surface area contributed by atoms with Crippen LogP contribution in [0.2, 0.25) is 0 Å². The predicted octanol–water partition coefficient (Wildman–Crippen LogP) is 4.30. The Morgan fingerprint density at radius 2 is 1.63 bits per heavy atom. The minimum absolute atomic E-state index is 0.0233. The smallest absolute Gasteiger partial charge is 0.254 e. The molecule has 2 rings (SSSR count). The molecule has 0 saturated carbocycles. The standard InChI is InChI=1S/C28H43N3O4/c1-5-6-7-8-11-24-13-15-25(16-14-24)28(33)31(18-10-20-34-3)23-27(32)30(19-21-35-4)22-26-12-9-17-29(26)2/h9,12-17H,5-8,10-11,18-23H2,1-4H3. The molecule has 2 aromatic rings. The van der Waals surface area contributed by atoms with Crippen molar-refractivity contribution in [1.29, 1.82) is 0 Å². The van der Waals surface area contributed by atoms with Crippen molar-refractivity contribution in [3.63, 3.8) is 0 Å². The molecule has 0 spiro atoms. The van der Waals surface area contributed by atoms with Crippen molar-refractivity contribution in [2.45, 2.75) is 52.0 Å². The van der Waals surface area contributed by atoms with E-state index in [-0.39, 0.29) is 18.4 Å². The summed E-state index contributed by atoms with van der Waals surface area (Å²) in [5.74, 6) is -0.223. The lowest BCUT2D eigenvalue weighted by Crippen LogP contribution is -2.44. The van der Waals surface area contributed by atoms with Crippen molar-refractivity contribution >= 4 is 11.8 Å². The summed E-state index contributed by atoms with van der Waals surface area (Å²) >= 11 is 0. The van der Waals surface area contributed by atoms with Crippen LogP contribution in [-0.4, -0.2) is 73.2 Å². The Morgan fingerprint density at radius 1 is 0.886 bits per heavy atom. The van der Waals surface area contributed by atoms with Crippen LogP contribution in [0.5, 0.6) is 0 Å². The van der Waals surface area contributed by atoms with Gasteiger partial charge in [-0.1, -0.05) is 38.3 Å². The Kier molecular flexibility index (Phi) is 13.2. The third kappa shape index (κ3) is 9.86. The van der Waals surface area contributed by atoms with E-state index in [9.17, 15) is 9.59 Å². The van der Waals surface area contributed by atoms with E-state index >= 15 is 0 Å². The molecule has 7 heteroatoms. The Bertz CT molecular complexity index is 879. The number of aryl methyl sites for hydroxylation is 2. The maximum Gasteiger partial charge on any atom is 0.254 e. The van der Waals surface area contributed by atoms with Crippen molar-refractivity contribution in [1.82, 2.24) is 14.4 Å². The molecule has 0 fully saturated rings. The highest BCUT2D eigenvalue weighted by Gasteiger charge is 2.23. The van der Waals surface area contributed by atoms with Gasteiger partial charge < -0.3 is 23.8 Å². The molecule has 0 atom stereocenters. The van der Waals surface area contributed by atoms with Crippen LogP contribution in [0.1, 0.15) is 60.6 Å². The van der Waals surface area contributed by atoms with E-state index in [4.69, 9.17) is 9.47 Å². The molecule has 1 aromatic carbocycles. The van der Waals surface area contributed by atoms with Gasteiger partial charge >= 0.3 is 0 Å². The van der Waals surface area contributed by atoms with Crippen LogP contribution in [-0.2, 0) is 34.3 Å². The molecule has 0 unspecified atom stereocenters. The van der Waals surface area contributed by atoms with E-state index in [1.807, 2.05) is 54.2 Å². The van der Waals surface area contributed by atoms with Crippen LogP contribution in [0.4, 0.5) is 0 Å². The molecular formula is C28H43N3O4. The first-order valence-corrected chi connectivity index (χ1v) is 12.7. The normalized spacial score (nSPS) is 11.0. The molecule has 194 valence electrons. The maximum atomic E-state index is 13.4. The second-order valence-electron chi connectivity index (χ2n) is 9.00. The Hall–Kier alpha value is -2.64. The summed E-state index contributed by atoms with van der Waals surface area (Å²) in [4.78, 5) is 30.1. The number of ether oxygens (including phenoxy) is 2. The van der Waals surface area contributed by atoms with E-state index in [2.05, 4.69) is 6.92 Å². The summed E-state index contributed by atoms with van der Waals surface area (Å²) in [6, 6.07) is 11.8. The highest BCUT2D eigenvalue weighted by Crippen LogP contribution is 2.13. The van der Waals surface area contributed by atoms with E-state index in [1.54, 1.807) is 24.0 Å². The summed E-state index contributed by atoms with van der Waals surface area (Å²) in [6.45, 7) is 4.60. The fraction of sp³-hybridized carbons (Fsp3) is 0.571. The van der Waals surface area contributed by atoms with Crippen molar-refractivity contribution in [3.8, 4) is 0 Å². The third-order valence-electron chi connectivity index (χ3n) is 6.23. The zero-order valence-electron chi connectivity index (χ0n) is 22.0. The number of carbonyl (C=O) groups is 2. The minimum atomic E-state index is -0.127. The molecule has 2 amide bonds. The fourth-order valence-corrected chi connectivity index (χ4v) is 4.02. The summed E-state index contributed by atoms with van der Waals surface area (Å²) in [7, 11) is 5.23. The molecule has 35 heavy (non-hydrogen) atoms. The van der Waals surface area contributed by atoms with Crippen LogP contribution in [0.3, 0.4) is 0 Å². The summed E-state index contributed by atoms with van der Waals surface area (Å²) in [5.41, 5.74) is 2.88. The molecule has 0 bridgehead atoms. The van der Waals surface area contributed by atoms with Crippen LogP contribution in [0.25, 0.3) is 0 Å². The molecule has 0 saturated heterocycles. The molecule has 0 aliphatic rings. The summed E-state index contributed by atoms with van der Waals surface area (Å²) < 4.78 is 12.4. The molecule has 7 nitrogen and oxygen atoms in total. The van der Waals surface area contributed by atoms with Crippen molar-refractivity contribution in [3.05, 3.63) is 59.4 Å². The monoisotopic (exact) mass is 485 g/mol. The number of hydrogen-bond acceptors (Lipinski definition) is 4. The number of methoxy groups -OCH3 is 2. The van der Waals surface area contributed by atoms with Crippen LogP contribution in [0, 0.1) is 0 Å². The minimum Gasteiger partial charge on any atom is -0.385 e. The third-order valence-corrected chi connectivity index (χ3v) is 6.23. The van der Waals surface area contributed by atoms with Gasteiger partial charge in [0.05, 0.1) is 13.2 Å². The van der Waals surface area contributed by atoms with Gasteiger partial charge in [-0.15, -0.1) is 0 Å². The lowest BCUT2D eigenvalue weighted by atomic mass is 10.0. The number of nitrogens with zero attached hydrogens (tertiary/aromatic N) is 3. The van der Waals surface area contributed by atoms with Gasteiger partial charge in [0, 0.05) is 58.4 Å². The fourth-order valence-electron chi connectivity index (χ4n) is 4.02. The molecular weight excluding hydrogens is 442 g/mol. The quantitative estimate of drug-likeness (QED) is 0.313. The molecule has 1 heterocycles. The van der Waals surface area contributed by atoms with E-state index in [0.29, 0.717) is 44.8 Å². The second-order valence-corrected chi connectivity index (χ2v) is 9.00. The number of hydrogen-bond donors (Lipinski definition) is 0. The molecule has 0 aliphatic heterocycles. The second kappa shape index (κ2) is 16.1. The summed E-state index contributed by atoms with van der Waals surface area (Å²) in [6.07, 6.45) is 8.53. The van der Waals surface area contributed by atoms with Gasteiger partial charge in [-0.05, 0) is 49.1 Å². The average Bonchev–Trinajstić information content (AvgIpc) is 3.27. The topological polar surface area (TPSA) is 64.0 Å². The molecule has 0 aliphatic carbocycles. The predicted molar refractivity (Wildman–Crippen MR) is 139 cm³/mol. The number of unbranched alkanes of at least 4 members (excludes halogenated alkanes) is 3. The van der Waals surface area contributed by atoms with Crippen LogP contribution >= 0.6 is 0 Å². The lowest BCUT2D eigenvalue weighted by Gasteiger charge is -2.28. The van der Waals surface area contributed by atoms with Crippen LogP contribution in [0.15, 0.2) is 42.6 Å². The first-order chi connectivity index (χ1) is 17.0. The Morgan fingerprint density at radius 3 is 2.26 bits per heavy atom. The van der Waals surface area contributed by atoms with Gasteiger partial charge in [0.25, 0.3) is 5.91 Å². The van der Waals surface area contributed by atoms with E-state index < -0.39 is 0 Å². The van der Waals surface area contributed by atoms with Crippen molar-refractivity contribution < 1.29 is 19.1 Å². The number of rotatable bonds is 17. The van der Waals surface area contributed by atoms with Crippen molar-refractivity contribution in [2.24, 2.45) is 7.05 Å². The Balaban J connectivity index is 2.09. The van der Waals surface area contributed by atoms with Crippen LogP contribution < -0.4 is 0 Å². The average molecular weight is 486 g/mol. The van der Waals surface area contributed by atoms with Gasteiger partial charge in [-0.2, -0.15) is 0 Å². The molecule has 1 aromatic heterocycles. The van der Waals surface area contributed by atoms with Gasteiger partial charge in [0.15, 0.2) is 0 Å². The van der Waals surface area contributed by atoms with Gasteiger partial charge in [0.1, 0.15) is 6.54 Å². The number of carbonyl (C=O) groups excluding carboxylic acids is 2. The van der Waals surface area contributed by atoms with Crippen molar-refractivity contribution in [2.75, 3.05) is 47.1 Å². The maximum absolute atomic E-state index is 13.4. The zero-order chi connectivity index (χ0) is 25.5. The number of benzene rings is 1. The number of aromatic nitrogens is 1. The highest BCUT2D eigenvalue weighted by molar-refractivity contribution is 5.96. The van der Waals surface area contributed by atoms with Gasteiger partial charge in [-0.25, -0.2) is 0 Å². The highest BCUT2D eigenvalue weighted by atomic mass is 16.5. The first-order valence-electron chi connectivity index (χ1n) is 12.7.